The minimum Gasteiger partial charge on any atom is -0.394 e. The fourth-order valence-corrected chi connectivity index (χ4v) is 1.52. The van der Waals surface area contributed by atoms with Crippen LogP contribution in [0.2, 0.25) is 0 Å². The molecule has 1 fully saturated rings. The summed E-state index contributed by atoms with van der Waals surface area (Å²) in [5.41, 5.74) is -0.227. The molecule has 13 heavy (non-hydrogen) atoms. The van der Waals surface area contributed by atoms with E-state index in [9.17, 15) is 5.11 Å². The van der Waals surface area contributed by atoms with Crippen molar-refractivity contribution < 1.29 is 14.9 Å². The van der Waals surface area contributed by atoms with E-state index in [1.165, 1.54) is 0 Å². The van der Waals surface area contributed by atoms with E-state index in [1.54, 1.807) is 6.92 Å². The number of hydrogen-bond donors (Lipinski definition) is 3. The Morgan fingerprint density at radius 3 is 2.54 bits per heavy atom. The predicted octanol–water partition coefficient (Wildman–Crippen LogP) is -0.502. The van der Waals surface area contributed by atoms with Gasteiger partial charge < -0.3 is 20.3 Å². The molecule has 0 saturated carbocycles. The second-order valence-corrected chi connectivity index (χ2v) is 3.78. The Hall–Kier alpha value is -0.160. The molecule has 1 saturated heterocycles. The molecule has 1 aliphatic rings. The molecule has 0 aromatic rings. The summed E-state index contributed by atoms with van der Waals surface area (Å²) in [4.78, 5) is 0. The minimum atomic E-state index is -0.369. The zero-order chi connectivity index (χ0) is 9.73. The van der Waals surface area contributed by atoms with Gasteiger partial charge in [-0.3, -0.25) is 0 Å². The van der Waals surface area contributed by atoms with E-state index < -0.39 is 0 Å². The molecule has 0 bridgehead atoms. The highest BCUT2D eigenvalue weighted by Crippen LogP contribution is 2.19. The van der Waals surface area contributed by atoms with Gasteiger partial charge in [0, 0.05) is 25.3 Å². The van der Waals surface area contributed by atoms with Gasteiger partial charge in [0.2, 0.25) is 0 Å². The van der Waals surface area contributed by atoms with Crippen LogP contribution in [0.3, 0.4) is 0 Å². The second kappa shape index (κ2) is 4.91. The molecule has 3 N–H and O–H groups in total. The lowest BCUT2D eigenvalue weighted by Gasteiger charge is -2.36. The maximum absolute atomic E-state index is 9.25. The molecule has 1 aliphatic heterocycles. The first-order valence-electron chi connectivity index (χ1n) is 4.80. The van der Waals surface area contributed by atoms with Crippen LogP contribution in [0.1, 0.15) is 19.8 Å². The number of β-amino-alcohol motifs (C(OH)–C–C–N with tert-alkyl or cyclic N) is 1. The van der Waals surface area contributed by atoms with Crippen LogP contribution in [-0.4, -0.2) is 48.2 Å². The highest BCUT2D eigenvalue weighted by molar-refractivity contribution is 4.89. The van der Waals surface area contributed by atoms with Crippen LogP contribution >= 0.6 is 0 Å². The van der Waals surface area contributed by atoms with Gasteiger partial charge in [0.15, 0.2) is 0 Å². The molecule has 0 radical (unpaired) electrons. The van der Waals surface area contributed by atoms with Gasteiger partial charge in [-0.15, -0.1) is 0 Å². The van der Waals surface area contributed by atoms with E-state index in [0.717, 1.165) is 12.8 Å². The van der Waals surface area contributed by atoms with Crippen LogP contribution in [0, 0.1) is 0 Å². The Kier molecular flexibility index (Phi) is 4.12. The first-order valence-corrected chi connectivity index (χ1v) is 4.80. The summed E-state index contributed by atoms with van der Waals surface area (Å²) in [6, 6.07) is 0. The van der Waals surface area contributed by atoms with Crippen LogP contribution in [0.5, 0.6) is 0 Å². The zero-order valence-electron chi connectivity index (χ0n) is 8.12. The Morgan fingerprint density at radius 2 is 2.08 bits per heavy atom. The number of rotatable bonds is 4. The average Bonchev–Trinajstić information content (AvgIpc) is 2.16. The molecular weight excluding hydrogens is 170 g/mol. The van der Waals surface area contributed by atoms with E-state index in [-0.39, 0.29) is 18.2 Å². The molecule has 0 unspecified atom stereocenters. The Morgan fingerprint density at radius 1 is 1.46 bits per heavy atom. The SMILES string of the molecule is C[C@H](O)CNC1(CO)CCOCC1. The molecule has 0 spiro atoms. The number of aliphatic hydroxyl groups excluding tert-OH is 2. The summed E-state index contributed by atoms with van der Waals surface area (Å²) in [5.74, 6) is 0. The molecule has 78 valence electrons. The Labute approximate surface area is 78.9 Å². The third kappa shape index (κ3) is 3.23. The average molecular weight is 189 g/mol. The zero-order valence-corrected chi connectivity index (χ0v) is 8.12. The molecule has 0 aliphatic carbocycles. The quantitative estimate of drug-likeness (QED) is 0.558. The number of aliphatic hydroxyl groups is 2. The summed E-state index contributed by atoms with van der Waals surface area (Å²) in [6.45, 7) is 3.75. The van der Waals surface area contributed by atoms with Crippen LogP contribution in [0.15, 0.2) is 0 Å². The monoisotopic (exact) mass is 189 g/mol. The molecule has 1 heterocycles. The highest BCUT2D eigenvalue weighted by Gasteiger charge is 2.31. The molecule has 0 aromatic heterocycles. The summed E-state index contributed by atoms with van der Waals surface area (Å²) >= 11 is 0. The van der Waals surface area contributed by atoms with Crippen molar-refractivity contribution in [3.05, 3.63) is 0 Å². The fraction of sp³-hybridized carbons (Fsp3) is 1.00. The maximum Gasteiger partial charge on any atom is 0.0636 e. The summed E-state index contributed by atoms with van der Waals surface area (Å²) in [7, 11) is 0. The first-order chi connectivity index (χ1) is 6.18. The van der Waals surface area contributed by atoms with Crippen molar-refractivity contribution in [1.29, 1.82) is 0 Å². The number of nitrogens with one attached hydrogen (secondary N) is 1. The molecule has 0 aromatic carbocycles. The molecule has 1 atom stereocenters. The van der Waals surface area contributed by atoms with E-state index in [1.807, 2.05) is 0 Å². The molecule has 0 amide bonds. The van der Waals surface area contributed by atoms with Crippen LogP contribution in [0.25, 0.3) is 0 Å². The topological polar surface area (TPSA) is 61.7 Å². The van der Waals surface area contributed by atoms with Gasteiger partial charge in [-0.25, -0.2) is 0 Å². The lowest BCUT2D eigenvalue weighted by Crippen LogP contribution is -2.54. The minimum absolute atomic E-state index is 0.114. The van der Waals surface area contributed by atoms with E-state index in [4.69, 9.17) is 9.84 Å². The van der Waals surface area contributed by atoms with Gasteiger partial charge >= 0.3 is 0 Å². The largest absolute Gasteiger partial charge is 0.394 e. The van der Waals surface area contributed by atoms with E-state index in [2.05, 4.69) is 5.32 Å². The van der Waals surface area contributed by atoms with Gasteiger partial charge in [0.25, 0.3) is 0 Å². The van der Waals surface area contributed by atoms with Crippen LogP contribution in [0.4, 0.5) is 0 Å². The number of ether oxygens (including phenoxy) is 1. The first kappa shape index (κ1) is 10.9. The fourth-order valence-electron chi connectivity index (χ4n) is 1.52. The van der Waals surface area contributed by atoms with Gasteiger partial charge in [0.1, 0.15) is 0 Å². The molecule has 4 nitrogen and oxygen atoms in total. The third-order valence-corrected chi connectivity index (χ3v) is 2.53. The second-order valence-electron chi connectivity index (χ2n) is 3.78. The number of hydrogen-bond acceptors (Lipinski definition) is 4. The van der Waals surface area contributed by atoms with Gasteiger partial charge in [0.05, 0.1) is 12.7 Å². The van der Waals surface area contributed by atoms with E-state index in [0.29, 0.717) is 19.8 Å². The van der Waals surface area contributed by atoms with Crippen molar-refractivity contribution in [2.24, 2.45) is 0 Å². The van der Waals surface area contributed by atoms with Crippen molar-refractivity contribution in [1.82, 2.24) is 5.32 Å². The van der Waals surface area contributed by atoms with Crippen molar-refractivity contribution in [3.8, 4) is 0 Å². The Balaban J connectivity index is 2.38. The molecule has 4 heteroatoms. The molecule has 1 rings (SSSR count). The molecular formula is C9H19NO3. The van der Waals surface area contributed by atoms with Gasteiger partial charge in [-0.2, -0.15) is 0 Å². The normalized spacial score (nSPS) is 24.2. The van der Waals surface area contributed by atoms with Gasteiger partial charge in [-0.1, -0.05) is 0 Å². The summed E-state index contributed by atoms with van der Waals surface area (Å²) < 4.78 is 5.22. The third-order valence-electron chi connectivity index (χ3n) is 2.53. The maximum atomic E-state index is 9.25. The summed E-state index contributed by atoms with van der Waals surface area (Å²) in [5, 5.41) is 21.6. The van der Waals surface area contributed by atoms with Crippen molar-refractivity contribution >= 4 is 0 Å². The lowest BCUT2D eigenvalue weighted by molar-refractivity contribution is 0.00714. The van der Waals surface area contributed by atoms with Crippen molar-refractivity contribution in [3.63, 3.8) is 0 Å². The Bertz CT molecular complexity index is 144. The highest BCUT2D eigenvalue weighted by atomic mass is 16.5. The van der Waals surface area contributed by atoms with E-state index >= 15 is 0 Å². The predicted molar refractivity (Wildman–Crippen MR) is 49.6 cm³/mol. The smallest absolute Gasteiger partial charge is 0.0636 e. The van der Waals surface area contributed by atoms with Crippen LogP contribution < -0.4 is 5.32 Å². The van der Waals surface area contributed by atoms with Crippen molar-refractivity contribution in [2.75, 3.05) is 26.4 Å². The van der Waals surface area contributed by atoms with Crippen LogP contribution in [-0.2, 0) is 4.74 Å². The van der Waals surface area contributed by atoms with Gasteiger partial charge in [-0.05, 0) is 19.8 Å². The standard InChI is InChI=1S/C9H19NO3/c1-8(12)6-10-9(7-11)2-4-13-5-3-9/h8,10-12H,2-7H2,1H3/t8-/m0/s1. The lowest BCUT2D eigenvalue weighted by atomic mass is 9.91. The summed E-state index contributed by atoms with van der Waals surface area (Å²) in [6.07, 6.45) is 1.26. The van der Waals surface area contributed by atoms with Crippen molar-refractivity contribution in [2.45, 2.75) is 31.4 Å².